The lowest BCUT2D eigenvalue weighted by molar-refractivity contribution is 0.0747. The first kappa shape index (κ1) is 19.8. The highest BCUT2D eigenvalue weighted by Crippen LogP contribution is 2.20. The van der Waals surface area contributed by atoms with Crippen LogP contribution in [0.15, 0.2) is 47.0 Å². The molecule has 0 bridgehead atoms. The standard InChI is InChI=1S/C20H22ClN3O4/c1-4-24-11-17(21)18(22-24)12-23(2)20(25)19-10-9-16(28-19)13-27-15-7-5-14(26-3)6-8-15/h5-11H,4,12-13H2,1-3H3. The molecule has 1 aromatic carbocycles. The first-order valence-electron chi connectivity index (χ1n) is 8.83. The van der Waals surface area contributed by atoms with Crippen molar-refractivity contribution < 1.29 is 18.7 Å². The molecule has 3 aromatic rings. The summed E-state index contributed by atoms with van der Waals surface area (Å²) in [7, 11) is 3.29. The predicted octanol–water partition coefficient (Wildman–Crippen LogP) is 4.01. The fourth-order valence-electron chi connectivity index (χ4n) is 2.59. The minimum Gasteiger partial charge on any atom is -0.497 e. The van der Waals surface area contributed by atoms with E-state index in [1.807, 2.05) is 19.1 Å². The van der Waals surface area contributed by atoms with Gasteiger partial charge in [0.25, 0.3) is 5.91 Å². The lowest BCUT2D eigenvalue weighted by Crippen LogP contribution is -2.26. The van der Waals surface area contributed by atoms with Crippen LogP contribution in [-0.2, 0) is 19.7 Å². The molecule has 3 rings (SSSR count). The number of carbonyl (C=O) groups excluding carboxylic acids is 1. The van der Waals surface area contributed by atoms with E-state index in [0.29, 0.717) is 35.3 Å². The van der Waals surface area contributed by atoms with E-state index in [1.54, 1.807) is 49.3 Å². The van der Waals surface area contributed by atoms with Gasteiger partial charge in [0.2, 0.25) is 0 Å². The molecule has 0 aliphatic heterocycles. The minimum absolute atomic E-state index is 0.218. The van der Waals surface area contributed by atoms with Crippen LogP contribution in [-0.4, -0.2) is 34.7 Å². The van der Waals surface area contributed by atoms with E-state index < -0.39 is 0 Å². The molecule has 1 amide bonds. The molecule has 0 radical (unpaired) electrons. The highest BCUT2D eigenvalue weighted by molar-refractivity contribution is 6.31. The fourth-order valence-corrected chi connectivity index (χ4v) is 2.80. The van der Waals surface area contributed by atoms with E-state index in [9.17, 15) is 4.79 Å². The Balaban J connectivity index is 1.58. The van der Waals surface area contributed by atoms with Crippen LogP contribution in [0.2, 0.25) is 5.02 Å². The summed E-state index contributed by atoms with van der Waals surface area (Å²) in [5.74, 6) is 1.98. The molecule has 0 saturated heterocycles. The maximum Gasteiger partial charge on any atom is 0.289 e. The van der Waals surface area contributed by atoms with Gasteiger partial charge in [0, 0.05) is 19.8 Å². The number of hydrogen-bond acceptors (Lipinski definition) is 5. The van der Waals surface area contributed by atoms with Gasteiger partial charge in [-0.3, -0.25) is 9.48 Å². The number of hydrogen-bond donors (Lipinski definition) is 0. The molecule has 0 unspecified atom stereocenters. The van der Waals surface area contributed by atoms with Gasteiger partial charge in [-0.2, -0.15) is 5.10 Å². The van der Waals surface area contributed by atoms with Crippen molar-refractivity contribution in [3.8, 4) is 11.5 Å². The van der Waals surface area contributed by atoms with Crippen LogP contribution in [0, 0.1) is 0 Å². The second-order valence-corrected chi connectivity index (χ2v) is 6.58. The summed E-state index contributed by atoms with van der Waals surface area (Å²) < 4.78 is 18.1. The van der Waals surface area contributed by atoms with Crippen molar-refractivity contribution in [1.29, 1.82) is 0 Å². The van der Waals surface area contributed by atoms with E-state index in [2.05, 4.69) is 5.10 Å². The molecule has 0 atom stereocenters. The number of amides is 1. The van der Waals surface area contributed by atoms with Gasteiger partial charge in [0.15, 0.2) is 5.76 Å². The Morgan fingerprint density at radius 3 is 2.57 bits per heavy atom. The third kappa shape index (κ3) is 4.67. The summed E-state index contributed by atoms with van der Waals surface area (Å²) >= 11 is 6.17. The first-order chi connectivity index (χ1) is 13.5. The molecular formula is C20H22ClN3O4. The fraction of sp³-hybridized carbons (Fsp3) is 0.300. The number of furan rings is 1. The van der Waals surface area contributed by atoms with E-state index in [0.717, 1.165) is 5.75 Å². The normalized spacial score (nSPS) is 10.7. The first-order valence-corrected chi connectivity index (χ1v) is 9.20. The predicted molar refractivity (Wildman–Crippen MR) is 105 cm³/mol. The number of methoxy groups -OCH3 is 1. The van der Waals surface area contributed by atoms with E-state index >= 15 is 0 Å². The van der Waals surface area contributed by atoms with E-state index in [-0.39, 0.29) is 18.3 Å². The monoisotopic (exact) mass is 403 g/mol. The van der Waals surface area contributed by atoms with Gasteiger partial charge >= 0.3 is 0 Å². The molecule has 0 N–H and O–H groups in total. The third-order valence-electron chi connectivity index (χ3n) is 4.16. The average Bonchev–Trinajstić information content (AvgIpc) is 3.33. The maximum atomic E-state index is 12.6. The molecule has 148 valence electrons. The van der Waals surface area contributed by atoms with Crippen LogP contribution in [0.5, 0.6) is 11.5 Å². The second kappa shape index (κ2) is 8.84. The quantitative estimate of drug-likeness (QED) is 0.568. The lowest BCUT2D eigenvalue weighted by atomic mass is 10.3. The molecular weight excluding hydrogens is 382 g/mol. The number of carbonyl (C=O) groups is 1. The van der Waals surface area contributed by atoms with Gasteiger partial charge in [-0.15, -0.1) is 0 Å². The van der Waals surface area contributed by atoms with Gasteiger partial charge in [-0.1, -0.05) is 11.6 Å². The molecule has 8 heteroatoms. The lowest BCUT2D eigenvalue weighted by Gasteiger charge is -2.14. The number of nitrogens with zero attached hydrogens (tertiary/aromatic N) is 3. The van der Waals surface area contributed by atoms with Gasteiger partial charge in [-0.25, -0.2) is 0 Å². The molecule has 28 heavy (non-hydrogen) atoms. The van der Waals surface area contributed by atoms with Crippen LogP contribution in [0.4, 0.5) is 0 Å². The van der Waals surface area contributed by atoms with Crippen LogP contribution in [0.25, 0.3) is 0 Å². The Morgan fingerprint density at radius 1 is 1.21 bits per heavy atom. The van der Waals surface area contributed by atoms with Crippen LogP contribution >= 0.6 is 11.6 Å². The van der Waals surface area contributed by atoms with Gasteiger partial charge in [-0.05, 0) is 43.3 Å². The summed E-state index contributed by atoms with van der Waals surface area (Å²) in [5, 5.41) is 4.89. The summed E-state index contributed by atoms with van der Waals surface area (Å²) in [6.07, 6.45) is 1.75. The van der Waals surface area contributed by atoms with Crippen molar-refractivity contribution in [3.05, 3.63) is 64.8 Å². The number of benzene rings is 1. The zero-order valence-corrected chi connectivity index (χ0v) is 16.8. The number of halogens is 1. The highest BCUT2D eigenvalue weighted by atomic mass is 35.5. The van der Waals surface area contributed by atoms with Crippen molar-refractivity contribution in [3.63, 3.8) is 0 Å². The topological polar surface area (TPSA) is 69.7 Å². The van der Waals surface area contributed by atoms with Crippen LogP contribution < -0.4 is 9.47 Å². The molecule has 0 aliphatic rings. The third-order valence-corrected chi connectivity index (χ3v) is 4.47. The summed E-state index contributed by atoms with van der Waals surface area (Å²) in [4.78, 5) is 14.1. The molecule has 0 fully saturated rings. The van der Waals surface area contributed by atoms with Crippen molar-refractivity contribution in [1.82, 2.24) is 14.7 Å². The van der Waals surface area contributed by atoms with Gasteiger partial charge < -0.3 is 18.8 Å². The minimum atomic E-state index is -0.252. The molecule has 7 nitrogen and oxygen atoms in total. The molecule has 2 heterocycles. The Kier molecular flexibility index (Phi) is 6.26. The largest absolute Gasteiger partial charge is 0.497 e. The summed E-state index contributed by atoms with van der Waals surface area (Å²) in [5.41, 5.74) is 0.647. The smallest absolute Gasteiger partial charge is 0.289 e. The molecule has 0 saturated carbocycles. The number of aryl methyl sites for hydroxylation is 1. The second-order valence-electron chi connectivity index (χ2n) is 6.17. The summed E-state index contributed by atoms with van der Waals surface area (Å²) in [6, 6.07) is 10.6. The number of ether oxygens (including phenoxy) is 2. The molecule has 0 aliphatic carbocycles. The van der Waals surface area contributed by atoms with Crippen molar-refractivity contribution in [2.24, 2.45) is 0 Å². The van der Waals surface area contributed by atoms with E-state index in [4.69, 9.17) is 25.5 Å². The SMILES string of the molecule is CCn1cc(Cl)c(CN(C)C(=O)c2ccc(COc3ccc(OC)cc3)o2)n1. The van der Waals surface area contributed by atoms with Crippen LogP contribution in [0.1, 0.15) is 28.9 Å². The number of aromatic nitrogens is 2. The molecule has 2 aromatic heterocycles. The summed E-state index contributed by atoms with van der Waals surface area (Å²) in [6.45, 7) is 3.20. The Bertz CT molecular complexity index is 933. The number of rotatable bonds is 8. The Hall–Kier alpha value is -2.93. The van der Waals surface area contributed by atoms with Crippen molar-refractivity contribution >= 4 is 17.5 Å². The van der Waals surface area contributed by atoms with Crippen molar-refractivity contribution in [2.75, 3.05) is 14.2 Å². The average molecular weight is 404 g/mol. The highest BCUT2D eigenvalue weighted by Gasteiger charge is 2.19. The Labute approximate surface area is 168 Å². The van der Waals surface area contributed by atoms with Gasteiger partial charge in [0.1, 0.15) is 29.6 Å². The zero-order valence-electron chi connectivity index (χ0n) is 16.0. The van der Waals surface area contributed by atoms with Crippen molar-refractivity contribution in [2.45, 2.75) is 26.6 Å². The Morgan fingerprint density at radius 2 is 1.93 bits per heavy atom. The van der Waals surface area contributed by atoms with E-state index in [1.165, 1.54) is 4.90 Å². The van der Waals surface area contributed by atoms with Gasteiger partial charge in [0.05, 0.1) is 18.7 Å². The molecule has 0 spiro atoms. The zero-order chi connectivity index (χ0) is 20.1. The maximum absolute atomic E-state index is 12.6. The van der Waals surface area contributed by atoms with Crippen LogP contribution in [0.3, 0.4) is 0 Å².